The molecule has 7 heteroatoms. The van der Waals surface area contributed by atoms with E-state index < -0.39 is 5.97 Å². The van der Waals surface area contributed by atoms with Crippen molar-refractivity contribution in [2.45, 2.75) is 52.0 Å². The van der Waals surface area contributed by atoms with Crippen molar-refractivity contribution in [2.75, 3.05) is 6.54 Å². The molecule has 0 bridgehead atoms. The number of carboxylic acid groups (broad SMARTS) is 1. The smallest absolute Gasteiger partial charge is 0.347 e. The summed E-state index contributed by atoms with van der Waals surface area (Å²) in [6.45, 7) is 4.73. The summed E-state index contributed by atoms with van der Waals surface area (Å²) in [6, 6.07) is 6.07. The van der Waals surface area contributed by atoms with Crippen LogP contribution in [0.1, 0.15) is 65.1 Å². The molecule has 0 saturated carbocycles. The number of carboxylic acids is 1. The molecule has 1 aromatic heterocycles. The van der Waals surface area contributed by atoms with Crippen LogP contribution in [0.25, 0.3) is 0 Å². The molecule has 0 spiro atoms. The molecule has 1 fully saturated rings. The van der Waals surface area contributed by atoms with Gasteiger partial charge in [-0.25, -0.2) is 14.2 Å². The minimum atomic E-state index is -0.990. The summed E-state index contributed by atoms with van der Waals surface area (Å²) in [7, 11) is 0. The van der Waals surface area contributed by atoms with E-state index in [9.17, 15) is 19.1 Å². The van der Waals surface area contributed by atoms with E-state index in [0.29, 0.717) is 36.5 Å². The Labute approximate surface area is 168 Å². The van der Waals surface area contributed by atoms with Gasteiger partial charge in [0.2, 0.25) is 5.91 Å². The molecule has 1 N–H and O–H groups in total. The highest BCUT2D eigenvalue weighted by Gasteiger charge is 2.33. The molecule has 1 amide bonds. The van der Waals surface area contributed by atoms with Gasteiger partial charge in [-0.15, -0.1) is 11.3 Å². The Morgan fingerprint density at radius 3 is 2.64 bits per heavy atom. The highest BCUT2D eigenvalue weighted by atomic mass is 32.1. The van der Waals surface area contributed by atoms with Crippen LogP contribution >= 0.6 is 11.3 Å². The maximum absolute atomic E-state index is 13.1. The summed E-state index contributed by atoms with van der Waals surface area (Å²) in [6.07, 6.45) is 3.26. The van der Waals surface area contributed by atoms with Gasteiger partial charge in [0.15, 0.2) is 0 Å². The van der Waals surface area contributed by atoms with Gasteiger partial charge in [0.05, 0.1) is 11.7 Å². The molecule has 0 radical (unpaired) electrons. The largest absolute Gasteiger partial charge is 0.477 e. The van der Waals surface area contributed by atoms with Crippen molar-refractivity contribution in [2.24, 2.45) is 5.92 Å². The molecule has 0 aliphatic carbocycles. The van der Waals surface area contributed by atoms with Gasteiger partial charge in [0, 0.05) is 13.0 Å². The third-order valence-corrected chi connectivity index (χ3v) is 6.10. The van der Waals surface area contributed by atoms with E-state index in [1.807, 2.05) is 18.7 Å². The fourth-order valence-corrected chi connectivity index (χ4v) is 4.65. The second-order valence-electron chi connectivity index (χ2n) is 7.60. The highest BCUT2D eigenvalue weighted by molar-refractivity contribution is 7.13. The molecular formula is C21H25FN2O3S. The maximum atomic E-state index is 13.1. The molecule has 5 nitrogen and oxygen atoms in total. The topological polar surface area (TPSA) is 70.5 Å². The number of halogens is 1. The molecule has 1 aliphatic heterocycles. The van der Waals surface area contributed by atoms with E-state index >= 15 is 0 Å². The van der Waals surface area contributed by atoms with Crippen LogP contribution in [0.15, 0.2) is 24.3 Å². The van der Waals surface area contributed by atoms with Gasteiger partial charge in [-0.2, -0.15) is 0 Å². The van der Waals surface area contributed by atoms with E-state index in [1.54, 1.807) is 12.1 Å². The van der Waals surface area contributed by atoms with Crippen molar-refractivity contribution in [3.05, 3.63) is 51.2 Å². The second kappa shape index (κ2) is 8.82. The lowest BCUT2D eigenvalue weighted by atomic mass is 10.1. The molecule has 1 atom stereocenters. The van der Waals surface area contributed by atoms with Gasteiger partial charge in [-0.05, 0) is 49.3 Å². The van der Waals surface area contributed by atoms with Crippen molar-refractivity contribution >= 4 is 23.2 Å². The van der Waals surface area contributed by atoms with E-state index in [-0.39, 0.29) is 28.6 Å². The molecule has 150 valence electrons. The number of likely N-dealkylation sites (tertiary alicyclic amines) is 1. The summed E-state index contributed by atoms with van der Waals surface area (Å²) < 4.78 is 13.1. The molecule has 1 aliphatic rings. The predicted octanol–water partition coefficient (Wildman–Crippen LogP) is 4.48. The lowest BCUT2D eigenvalue weighted by Gasteiger charge is -2.24. The van der Waals surface area contributed by atoms with Gasteiger partial charge in [-0.1, -0.05) is 26.0 Å². The number of aryl methyl sites for hydroxylation is 2. The fourth-order valence-electron chi connectivity index (χ4n) is 3.55. The quantitative estimate of drug-likeness (QED) is 0.739. The lowest BCUT2D eigenvalue weighted by molar-refractivity contribution is -0.132. The van der Waals surface area contributed by atoms with E-state index in [0.717, 1.165) is 18.4 Å². The minimum Gasteiger partial charge on any atom is -0.477 e. The Kier molecular flexibility index (Phi) is 6.44. The third kappa shape index (κ3) is 4.76. The number of rotatable bonds is 7. The third-order valence-electron chi connectivity index (χ3n) is 4.91. The average molecular weight is 405 g/mol. The predicted molar refractivity (Wildman–Crippen MR) is 106 cm³/mol. The Bertz CT molecular complexity index is 848. The van der Waals surface area contributed by atoms with E-state index in [1.165, 1.54) is 23.5 Å². The van der Waals surface area contributed by atoms with Crippen LogP contribution in [-0.2, 0) is 17.6 Å². The number of aromatic carboxylic acids is 1. The van der Waals surface area contributed by atoms with E-state index in [4.69, 9.17) is 0 Å². The van der Waals surface area contributed by atoms with Crippen LogP contribution in [0, 0.1) is 11.7 Å². The molecule has 2 aromatic rings. The molecular weight excluding hydrogens is 379 g/mol. The zero-order valence-electron chi connectivity index (χ0n) is 16.2. The SMILES string of the molecule is CC(C)CC(=O)N1CCC[C@H]1c1nc(CCc2ccc(F)cc2)c(C(=O)O)s1. The molecule has 3 rings (SSSR count). The molecule has 0 unspecified atom stereocenters. The van der Waals surface area contributed by atoms with Gasteiger partial charge < -0.3 is 10.0 Å². The van der Waals surface area contributed by atoms with Crippen molar-refractivity contribution in [3.63, 3.8) is 0 Å². The van der Waals surface area contributed by atoms with Crippen LogP contribution in [0.3, 0.4) is 0 Å². The normalized spacial score (nSPS) is 16.7. The number of hydrogen-bond acceptors (Lipinski definition) is 4. The average Bonchev–Trinajstić information content (AvgIpc) is 3.27. The van der Waals surface area contributed by atoms with Crippen molar-refractivity contribution in [3.8, 4) is 0 Å². The van der Waals surface area contributed by atoms with Gasteiger partial charge in [0.25, 0.3) is 0 Å². The first-order chi connectivity index (χ1) is 13.3. The summed E-state index contributed by atoms with van der Waals surface area (Å²) in [5.41, 5.74) is 1.47. The second-order valence-corrected chi connectivity index (χ2v) is 8.63. The molecule has 28 heavy (non-hydrogen) atoms. The molecule has 1 aromatic carbocycles. The number of nitrogens with zero attached hydrogens (tertiary/aromatic N) is 2. The first-order valence-corrected chi connectivity index (χ1v) is 10.4. The number of carbonyl (C=O) groups is 2. The van der Waals surface area contributed by atoms with Crippen molar-refractivity contribution in [1.82, 2.24) is 9.88 Å². The number of aromatic nitrogens is 1. The van der Waals surface area contributed by atoms with Crippen molar-refractivity contribution < 1.29 is 19.1 Å². The minimum absolute atomic E-state index is 0.109. The zero-order chi connectivity index (χ0) is 20.3. The Morgan fingerprint density at radius 2 is 2.00 bits per heavy atom. The van der Waals surface area contributed by atoms with Crippen LogP contribution in [0.5, 0.6) is 0 Å². The van der Waals surface area contributed by atoms with Crippen LogP contribution < -0.4 is 0 Å². The fraction of sp³-hybridized carbons (Fsp3) is 0.476. The first-order valence-electron chi connectivity index (χ1n) is 9.62. The molecule has 1 saturated heterocycles. The van der Waals surface area contributed by atoms with Crippen LogP contribution in [-0.4, -0.2) is 33.4 Å². The standard InChI is InChI=1S/C21H25FN2O3S/c1-13(2)12-18(25)24-11-3-4-17(24)20-23-16(19(28-20)21(26)27)10-7-14-5-8-15(22)9-6-14/h5-6,8-9,13,17H,3-4,7,10-12H2,1-2H3,(H,26,27)/t17-/m0/s1. The number of benzene rings is 1. The first kappa shape index (κ1) is 20.5. The van der Waals surface area contributed by atoms with E-state index in [2.05, 4.69) is 4.98 Å². The zero-order valence-corrected chi connectivity index (χ0v) is 17.0. The van der Waals surface area contributed by atoms with Gasteiger partial charge in [-0.3, -0.25) is 4.79 Å². The lowest BCUT2D eigenvalue weighted by Crippen LogP contribution is -2.31. The molecule has 2 heterocycles. The Hall–Kier alpha value is -2.28. The number of hydrogen-bond donors (Lipinski definition) is 1. The Balaban J connectivity index is 1.78. The Morgan fingerprint density at radius 1 is 1.29 bits per heavy atom. The van der Waals surface area contributed by atoms with Crippen LogP contribution in [0.4, 0.5) is 4.39 Å². The van der Waals surface area contributed by atoms with Gasteiger partial charge >= 0.3 is 5.97 Å². The van der Waals surface area contributed by atoms with Gasteiger partial charge in [0.1, 0.15) is 15.7 Å². The maximum Gasteiger partial charge on any atom is 0.347 e. The monoisotopic (exact) mass is 404 g/mol. The number of amides is 1. The highest BCUT2D eigenvalue weighted by Crippen LogP contribution is 2.36. The van der Waals surface area contributed by atoms with Crippen LogP contribution in [0.2, 0.25) is 0 Å². The van der Waals surface area contributed by atoms with Crippen molar-refractivity contribution in [1.29, 1.82) is 0 Å². The summed E-state index contributed by atoms with van der Waals surface area (Å²) in [4.78, 5) is 31.0. The number of thiazole rings is 1. The summed E-state index contributed by atoms with van der Waals surface area (Å²) >= 11 is 1.18. The summed E-state index contributed by atoms with van der Waals surface area (Å²) in [5, 5.41) is 10.3. The summed E-state index contributed by atoms with van der Waals surface area (Å²) in [5.74, 6) is -0.891. The number of carbonyl (C=O) groups excluding carboxylic acids is 1.